The SMILES string of the molecule is CCO[Si](CCCNC(=O)Cc1cc(-n2nc3ccccc3n2)c(O)c(C(C)(C)c2ccccc2)c1)(OCC)OCC. The number of nitrogens with zero attached hydrogens (tertiary/aromatic N) is 3. The Hall–Kier alpha value is -3.57. The van der Waals surface area contributed by atoms with Crippen LogP contribution in [-0.4, -0.2) is 61.2 Å². The highest BCUT2D eigenvalue weighted by atomic mass is 28.4. The number of nitrogens with one attached hydrogen (secondary N) is 1. The lowest BCUT2D eigenvalue weighted by atomic mass is 9.76. The molecule has 9 nitrogen and oxygen atoms in total. The third kappa shape index (κ3) is 7.25. The molecule has 42 heavy (non-hydrogen) atoms. The lowest BCUT2D eigenvalue weighted by Crippen LogP contribution is -2.46. The molecule has 0 bridgehead atoms. The summed E-state index contributed by atoms with van der Waals surface area (Å²) in [6.07, 6.45) is 0.811. The van der Waals surface area contributed by atoms with E-state index in [1.807, 2.05) is 81.4 Å². The summed E-state index contributed by atoms with van der Waals surface area (Å²) >= 11 is 0. The second kappa shape index (κ2) is 14.1. The highest BCUT2D eigenvalue weighted by Crippen LogP contribution is 2.40. The first kappa shape index (κ1) is 31.4. The van der Waals surface area contributed by atoms with Crippen molar-refractivity contribution in [2.75, 3.05) is 26.4 Å². The van der Waals surface area contributed by atoms with Gasteiger partial charge in [0, 0.05) is 43.4 Å². The molecular formula is C32H42N4O5Si. The number of rotatable bonds is 15. The molecule has 3 aromatic carbocycles. The predicted octanol–water partition coefficient (Wildman–Crippen LogP) is 5.55. The molecule has 0 saturated heterocycles. The molecule has 4 rings (SSSR count). The third-order valence-corrected chi connectivity index (χ3v) is 10.4. The van der Waals surface area contributed by atoms with Gasteiger partial charge in [-0.3, -0.25) is 4.79 Å². The first-order chi connectivity index (χ1) is 20.2. The molecule has 4 aromatic rings. The van der Waals surface area contributed by atoms with Gasteiger partial charge in [-0.15, -0.1) is 15.0 Å². The first-order valence-corrected chi connectivity index (χ1v) is 16.6. The molecule has 1 heterocycles. The summed E-state index contributed by atoms with van der Waals surface area (Å²) in [5, 5.41) is 23.8. The van der Waals surface area contributed by atoms with Crippen molar-refractivity contribution in [2.45, 2.75) is 58.9 Å². The van der Waals surface area contributed by atoms with Crippen LogP contribution in [0.1, 0.15) is 57.7 Å². The summed E-state index contributed by atoms with van der Waals surface area (Å²) in [4.78, 5) is 14.6. The van der Waals surface area contributed by atoms with Crippen LogP contribution in [0.3, 0.4) is 0 Å². The van der Waals surface area contributed by atoms with E-state index >= 15 is 0 Å². The number of hydrogen-bond donors (Lipinski definition) is 2. The van der Waals surface area contributed by atoms with Crippen molar-refractivity contribution >= 4 is 25.7 Å². The van der Waals surface area contributed by atoms with Gasteiger partial charge in [0.15, 0.2) is 0 Å². The fraction of sp³-hybridized carbons (Fsp3) is 0.406. The van der Waals surface area contributed by atoms with E-state index in [0.29, 0.717) is 50.1 Å². The van der Waals surface area contributed by atoms with Crippen molar-refractivity contribution in [1.82, 2.24) is 20.3 Å². The van der Waals surface area contributed by atoms with Gasteiger partial charge in [0.2, 0.25) is 5.91 Å². The number of fused-ring (bicyclic) bond motifs is 1. The zero-order valence-electron chi connectivity index (χ0n) is 25.2. The highest BCUT2D eigenvalue weighted by Gasteiger charge is 2.39. The predicted molar refractivity (Wildman–Crippen MR) is 166 cm³/mol. The molecule has 224 valence electrons. The topological polar surface area (TPSA) is 108 Å². The number of benzene rings is 3. The van der Waals surface area contributed by atoms with Crippen molar-refractivity contribution in [3.8, 4) is 11.4 Å². The van der Waals surface area contributed by atoms with E-state index in [9.17, 15) is 9.90 Å². The molecule has 0 spiro atoms. The number of phenols is 1. The lowest BCUT2D eigenvalue weighted by Gasteiger charge is -2.28. The van der Waals surface area contributed by atoms with Crippen LogP contribution in [0.2, 0.25) is 6.04 Å². The van der Waals surface area contributed by atoms with Gasteiger partial charge in [-0.05, 0) is 56.5 Å². The Morgan fingerprint density at radius 3 is 2.05 bits per heavy atom. The molecule has 0 unspecified atom stereocenters. The van der Waals surface area contributed by atoms with Crippen LogP contribution in [0.4, 0.5) is 0 Å². The normalized spacial score (nSPS) is 12.1. The van der Waals surface area contributed by atoms with Crippen molar-refractivity contribution in [3.63, 3.8) is 0 Å². The Morgan fingerprint density at radius 1 is 0.905 bits per heavy atom. The number of aromatic nitrogens is 3. The van der Waals surface area contributed by atoms with E-state index in [1.165, 1.54) is 4.80 Å². The molecule has 0 aliphatic carbocycles. The molecule has 0 fully saturated rings. The highest BCUT2D eigenvalue weighted by molar-refractivity contribution is 6.60. The minimum atomic E-state index is -2.76. The molecule has 10 heteroatoms. The largest absolute Gasteiger partial charge is 0.505 e. The Morgan fingerprint density at radius 2 is 1.48 bits per heavy atom. The van der Waals surface area contributed by atoms with Crippen LogP contribution in [0.5, 0.6) is 5.75 Å². The number of amides is 1. The Balaban J connectivity index is 1.58. The standard InChI is InChI=1S/C32H42N4O5Si/c1-6-39-42(40-7-2,41-8-3)20-14-19-33-30(37)23-24-21-26(32(4,5)25-15-10-9-11-16-25)31(38)29(22-24)36-34-27-17-12-13-18-28(27)35-36/h9-13,15-18,21-22,38H,6-8,14,19-20,23H2,1-5H3,(H,33,37). The number of aromatic hydroxyl groups is 1. The van der Waals surface area contributed by atoms with Gasteiger partial charge in [0.1, 0.15) is 22.5 Å². The van der Waals surface area contributed by atoms with E-state index in [0.717, 1.165) is 22.2 Å². The zero-order chi connectivity index (χ0) is 30.2. The lowest BCUT2D eigenvalue weighted by molar-refractivity contribution is -0.120. The monoisotopic (exact) mass is 590 g/mol. The van der Waals surface area contributed by atoms with Crippen LogP contribution >= 0.6 is 0 Å². The number of carbonyl (C=O) groups is 1. The number of carbonyl (C=O) groups excluding carboxylic acids is 1. The average molecular weight is 591 g/mol. The van der Waals surface area contributed by atoms with E-state index in [1.54, 1.807) is 6.07 Å². The van der Waals surface area contributed by atoms with Gasteiger partial charge < -0.3 is 23.7 Å². The fourth-order valence-electron chi connectivity index (χ4n) is 5.17. The van der Waals surface area contributed by atoms with Gasteiger partial charge in [-0.25, -0.2) is 0 Å². The Labute approximate surface area is 249 Å². The van der Waals surface area contributed by atoms with E-state index < -0.39 is 14.2 Å². The van der Waals surface area contributed by atoms with Crippen molar-refractivity contribution in [1.29, 1.82) is 0 Å². The maximum absolute atomic E-state index is 13.1. The third-order valence-electron chi connectivity index (χ3n) is 7.26. The van der Waals surface area contributed by atoms with Gasteiger partial charge in [0.25, 0.3) is 0 Å². The van der Waals surface area contributed by atoms with Gasteiger partial charge in [-0.1, -0.05) is 62.4 Å². The van der Waals surface area contributed by atoms with Crippen molar-refractivity contribution < 1.29 is 23.2 Å². The summed E-state index contributed by atoms with van der Waals surface area (Å²) in [7, 11) is -2.76. The molecule has 1 amide bonds. The van der Waals surface area contributed by atoms with Gasteiger partial charge in [-0.2, -0.15) is 0 Å². The molecule has 2 N–H and O–H groups in total. The molecule has 0 saturated carbocycles. The quantitative estimate of drug-likeness (QED) is 0.138. The van der Waals surface area contributed by atoms with Gasteiger partial charge >= 0.3 is 8.80 Å². The molecule has 1 aromatic heterocycles. The summed E-state index contributed by atoms with van der Waals surface area (Å²) in [5.41, 5.74) is 3.79. The van der Waals surface area contributed by atoms with E-state index in [-0.39, 0.29) is 18.1 Å². The van der Waals surface area contributed by atoms with E-state index in [2.05, 4.69) is 29.4 Å². The second-order valence-electron chi connectivity index (χ2n) is 10.6. The molecule has 0 aliphatic rings. The smallest absolute Gasteiger partial charge is 0.500 e. The van der Waals surface area contributed by atoms with Crippen LogP contribution in [-0.2, 0) is 29.9 Å². The molecular weight excluding hydrogens is 548 g/mol. The van der Waals surface area contributed by atoms with Crippen LogP contribution in [0.25, 0.3) is 16.7 Å². The van der Waals surface area contributed by atoms with E-state index in [4.69, 9.17) is 13.3 Å². The summed E-state index contributed by atoms with van der Waals surface area (Å²) < 4.78 is 17.8. The summed E-state index contributed by atoms with van der Waals surface area (Å²) in [6, 6.07) is 21.9. The minimum absolute atomic E-state index is 0.0809. The first-order valence-electron chi connectivity index (χ1n) is 14.7. The van der Waals surface area contributed by atoms with Crippen LogP contribution in [0.15, 0.2) is 66.7 Å². The zero-order valence-corrected chi connectivity index (χ0v) is 26.2. The summed E-state index contributed by atoms with van der Waals surface area (Å²) in [5.74, 6) is -0.0393. The summed E-state index contributed by atoms with van der Waals surface area (Å²) in [6.45, 7) is 11.9. The van der Waals surface area contributed by atoms with Crippen molar-refractivity contribution in [3.05, 3.63) is 83.4 Å². The fourth-order valence-corrected chi connectivity index (χ4v) is 7.78. The Bertz CT molecular complexity index is 1420. The minimum Gasteiger partial charge on any atom is -0.505 e. The van der Waals surface area contributed by atoms with Crippen LogP contribution in [0, 0.1) is 0 Å². The molecule has 0 atom stereocenters. The number of phenolic OH excluding ortho intramolecular Hbond substituents is 1. The van der Waals surface area contributed by atoms with Gasteiger partial charge in [0.05, 0.1) is 6.42 Å². The Kier molecular flexibility index (Phi) is 10.5. The maximum atomic E-state index is 13.1. The second-order valence-corrected chi connectivity index (χ2v) is 13.3. The van der Waals surface area contributed by atoms with Crippen molar-refractivity contribution in [2.24, 2.45) is 0 Å². The average Bonchev–Trinajstić information content (AvgIpc) is 3.41. The number of hydrogen-bond acceptors (Lipinski definition) is 7. The molecule has 0 radical (unpaired) electrons. The van der Waals surface area contributed by atoms with Crippen LogP contribution < -0.4 is 5.32 Å². The molecule has 0 aliphatic heterocycles. The maximum Gasteiger partial charge on any atom is 0.500 e.